The summed E-state index contributed by atoms with van der Waals surface area (Å²) >= 11 is 1.56. The SMILES string of the molecule is O=C(c1cccnc1)N(CCc1ccccc1)Cc1nccs1. The average Bonchev–Trinajstić information content (AvgIpc) is 3.13. The largest absolute Gasteiger partial charge is 0.332 e. The summed E-state index contributed by atoms with van der Waals surface area (Å²) < 4.78 is 0. The van der Waals surface area contributed by atoms with Crippen LogP contribution in [0.3, 0.4) is 0 Å². The Hall–Kier alpha value is -2.53. The van der Waals surface area contributed by atoms with Gasteiger partial charge < -0.3 is 4.90 Å². The van der Waals surface area contributed by atoms with Crippen molar-refractivity contribution in [3.63, 3.8) is 0 Å². The molecule has 4 nitrogen and oxygen atoms in total. The van der Waals surface area contributed by atoms with Crippen LogP contribution in [0.25, 0.3) is 0 Å². The van der Waals surface area contributed by atoms with Crippen LogP contribution in [-0.4, -0.2) is 27.3 Å². The van der Waals surface area contributed by atoms with Gasteiger partial charge in [0, 0.05) is 30.5 Å². The molecule has 116 valence electrons. The number of pyridine rings is 1. The summed E-state index contributed by atoms with van der Waals surface area (Å²) in [6.07, 6.45) is 5.87. The van der Waals surface area contributed by atoms with Crippen molar-refractivity contribution in [2.75, 3.05) is 6.54 Å². The number of aromatic nitrogens is 2. The fourth-order valence-corrected chi connectivity index (χ4v) is 2.96. The van der Waals surface area contributed by atoms with Crippen LogP contribution in [0.2, 0.25) is 0 Å². The van der Waals surface area contributed by atoms with E-state index in [9.17, 15) is 4.79 Å². The minimum Gasteiger partial charge on any atom is -0.332 e. The molecule has 1 aromatic carbocycles. The smallest absolute Gasteiger partial charge is 0.255 e. The topological polar surface area (TPSA) is 46.1 Å². The molecule has 2 aromatic heterocycles. The summed E-state index contributed by atoms with van der Waals surface area (Å²) in [5, 5.41) is 2.87. The molecule has 0 aliphatic rings. The van der Waals surface area contributed by atoms with Crippen molar-refractivity contribution in [1.29, 1.82) is 0 Å². The third kappa shape index (κ3) is 4.23. The second-order valence-corrected chi connectivity index (χ2v) is 6.11. The standard InChI is InChI=1S/C18H17N3OS/c22-18(16-7-4-9-19-13-16)21(14-17-20-10-12-23-17)11-8-15-5-2-1-3-6-15/h1-7,9-10,12-13H,8,11,14H2. The molecule has 0 N–H and O–H groups in total. The quantitative estimate of drug-likeness (QED) is 0.698. The van der Waals surface area contributed by atoms with Gasteiger partial charge in [0.05, 0.1) is 12.1 Å². The number of benzene rings is 1. The zero-order chi connectivity index (χ0) is 15.9. The third-order valence-corrected chi connectivity index (χ3v) is 4.28. The minimum absolute atomic E-state index is 0.00997. The Kier molecular flexibility index (Phi) is 5.11. The summed E-state index contributed by atoms with van der Waals surface area (Å²) in [5.41, 5.74) is 1.83. The fraction of sp³-hybridized carbons (Fsp3) is 0.167. The molecule has 0 atom stereocenters. The third-order valence-electron chi connectivity index (χ3n) is 3.52. The van der Waals surface area contributed by atoms with Gasteiger partial charge >= 0.3 is 0 Å². The van der Waals surface area contributed by atoms with E-state index in [0.717, 1.165) is 11.4 Å². The van der Waals surface area contributed by atoms with E-state index in [2.05, 4.69) is 22.1 Å². The zero-order valence-electron chi connectivity index (χ0n) is 12.6. The van der Waals surface area contributed by atoms with Gasteiger partial charge in [-0.3, -0.25) is 9.78 Å². The molecule has 0 bridgehead atoms. The lowest BCUT2D eigenvalue weighted by Gasteiger charge is -2.21. The predicted molar refractivity (Wildman–Crippen MR) is 91.2 cm³/mol. The van der Waals surface area contributed by atoms with Gasteiger partial charge in [-0.15, -0.1) is 11.3 Å². The number of nitrogens with zero attached hydrogens (tertiary/aromatic N) is 3. The lowest BCUT2D eigenvalue weighted by molar-refractivity contribution is 0.0744. The van der Waals surface area contributed by atoms with Crippen LogP contribution in [0.5, 0.6) is 0 Å². The number of carbonyl (C=O) groups excluding carboxylic acids is 1. The van der Waals surface area contributed by atoms with Crippen LogP contribution in [0.4, 0.5) is 0 Å². The molecule has 0 fully saturated rings. The number of rotatable bonds is 6. The van der Waals surface area contributed by atoms with Crippen molar-refractivity contribution >= 4 is 17.2 Å². The Morgan fingerprint density at radius 1 is 1.09 bits per heavy atom. The molecule has 0 spiro atoms. The Balaban J connectivity index is 1.74. The molecule has 2 heterocycles. The van der Waals surface area contributed by atoms with Crippen LogP contribution >= 0.6 is 11.3 Å². The number of thiazole rings is 1. The first kappa shape index (κ1) is 15.4. The van der Waals surface area contributed by atoms with Crippen molar-refractivity contribution in [2.45, 2.75) is 13.0 Å². The van der Waals surface area contributed by atoms with E-state index >= 15 is 0 Å². The molecule has 0 saturated heterocycles. The van der Waals surface area contributed by atoms with E-state index in [1.54, 1.807) is 42.1 Å². The van der Waals surface area contributed by atoms with E-state index in [1.807, 2.05) is 28.5 Å². The second kappa shape index (κ2) is 7.65. The Labute approximate surface area is 139 Å². The number of amides is 1. The first-order valence-electron chi connectivity index (χ1n) is 7.44. The number of hydrogen-bond acceptors (Lipinski definition) is 4. The highest BCUT2D eigenvalue weighted by Crippen LogP contribution is 2.13. The summed E-state index contributed by atoms with van der Waals surface area (Å²) in [5.74, 6) is -0.00997. The van der Waals surface area contributed by atoms with Crippen LogP contribution in [0.15, 0.2) is 66.4 Å². The molecule has 0 radical (unpaired) electrons. The zero-order valence-corrected chi connectivity index (χ0v) is 13.4. The molecule has 0 unspecified atom stereocenters. The molecular weight excluding hydrogens is 306 g/mol. The molecule has 0 saturated carbocycles. The molecule has 0 aliphatic carbocycles. The van der Waals surface area contributed by atoms with E-state index < -0.39 is 0 Å². The van der Waals surface area contributed by atoms with Gasteiger partial charge in [0.25, 0.3) is 5.91 Å². The fourth-order valence-electron chi connectivity index (χ4n) is 2.33. The normalized spacial score (nSPS) is 10.4. The van der Waals surface area contributed by atoms with Gasteiger partial charge in [0.1, 0.15) is 5.01 Å². The van der Waals surface area contributed by atoms with Crippen LogP contribution in [-0.2, 0) is 13.0 Å². The highest BCUT2D eigenvalue weighted by molar-refractivity contribution is 7.09. The first-order valence-corrected chi connectivity index (χ1v) is 8.32. The number of hydrogen-bond donors (Lipinski definition) is 0. The van der Waals surface area contributed by atoms with Crippen molar-refractivity contribution < 1.29 is 4.79 Å². The van der Waals surface area contributed by atoms with Crippen molar-refractivity contribution in [1.82, 2.24) is 14.9 Å². The van der Waals surface area contributed by atoms with Crippen LogP contribution in [0.1, 0.15) is 20.9 Å². The second-order valence-electron chi connectivity index (χ2n) is 5.13. The summed E-state index contributed by atoms with van der Waals surface area (Å²) in [6.45, 7) is 1.18. The maximum Gasteiger partial charge on any atom is 0.255 e. The summed E-state index contributed by atoms with van der Waals surface area (Å²) in [7, 11) is 0. The molecule has 0 aliphatic heterocycles. The molecule has 3 rings (SSSR count). The van der Waals surface area contributed by atoms with E-state index in [4.69, 9.17) is 0 Å². The van der Waals surface area contributed by atoms with Gasteiger partial charge in [-0.25, -0.2) is 4.98 Å². The Morgan fingerprint density at radius 2 is 1.96 bits per heavy atom. The minimum atomic E-state index is -0.00997. The van der Waals surface area contributed by atoms with Gasteiger partial charge in [-0.1, -0.05) is 30.3 Å². The molecule has 23 heavy (non-hydrogen) atoms. The van der Waals surface area contributed by atoms with Crippen LogP contribution < -0.4 is 0 Å². The van der Waals surface area contributed by atoms with Crippen molar-refractivity contribution in [3.8, 4) is 0 Å². The summed E-state index contributed by atoms with van der Waals surface area (Å²) in [6, 6.07) is 13.8. The van der Waals surface area contributed by atoms with Gasteiger partial charge in [0.15, 0.2) is 0 Å². The van der Waals surface area contributed by atoms with Crippen molar-refractivity contribution in [3.05, 3.63) is 82.6 Å². The Morgan fingerprint density at radius 3 is 2.65 bits per heavy atom. The highest BCUT2D eigenvalue weighted by Gasteiger charge is 2.17. The summed E-state index contributed by atoms with van der Waals surface area (Å²) in [4.78, 5) is 22.9. The molecular formula is C18H17N3OS. The maximum absolute atomic E-state index is 12.8. The Bertz CT molecular complexity index is 729. The highest BCUT2D eigenvalue weighted by atomic mass is 32.1. The van der Waals surface area contributed by atoms with Gasteiger partial charge in [-0.2, -0.15) is 0 Å². The van der Waals surface area contributed by atoms with E-state index in [0.29, 0.717) is 18.7 Å². The van der Waals surface area contributed by atoms with Crippen LogP contribution in [0, 0.1) is 0 Å². The van der Waals surface area contributed by atoms with Crippen molar-refractivity contribution in [2.24, 2.45) is 0 Å². The van der Waals surface area contributed by atoms with Gasteiger partial charge in [-0.05, 0) is 24.1 Å². The molecule has 5 heteroatoms. The van der Waals surface area contributed by atoms with Gasteiger partial charge in [0.2, 0.25) is 0 Å². The molecule has 1 amide bonds. The predicted octanol–water partition coefficient (Wildman–Crippen LogP) is 3.42. The average molecular weight is 323 g/mol. The monoisotopic (exact) mass is 323 g/mol. The first-order chi connectivity index (χ1) is 11.3. The maximum atomic E-state index is 12.8. The lowest BCUT2D eigenvalue weighted by Crippen LogP contribution is -2.32. The lowest BCUT2D eigenvalue weighted by atomic mass is 10.1. The van der Waals surface area contributed by atoms with E-state index in [-0.39, 0.29) is 5.91 Å². The van der Waals surface area contributed by atoms with E-state index in [1.165, 1.54) is 5.56 Å². The molecule has 3 aromatic rings. The number of carbonyl (C=O) groups is 1.